The van der Waals surface area contributed by atoms with Crippen LogP contribution in [0.25, 0.3) is 0 Å². The molecule has 0 bridgehead atoms. The summed E-state index contributed by atoms with van der Waals surface area (Å²) in [5, 5.41) is 4.86. The first-order valence-electron chi connectivity index (χ1n) is 6.85. The Morgan fingerprint density at radius 3 is 2.43 bits per heavy atom. The number of hydrogen-bond acceptors (Lipinski definition) is 2. The molecule has 0 fully saturated rings. The Hall–Kier alpha value is -1.51. The van der Waals surface area contributed by atoms with Crippen molar-refractivity contribution in [3.8, 4) is 0 Å². The zero-order chi connectivity index (χ0) is 15.0. The quantitative estimate of drug-likeness (QED) is 0.852. The molecule has 2 nitrogen and oxygen atoms in total. The van der Waals surface area contributed by atoms with Gasteiger partial charge in [-0.3, -0.25) is 4.79 Å². The summed E-state index contributed by atoms with van der Waals surface area (Å²) in [5.74, 6) is 0.0743. The maximum atomic E-state index is 12.0. The van der Waals surface area contributed by atoms with Crippen molar-refractivity contribution in [3.05, 3.63) is 63.6 Å². The van der Waals surface area contributed by atoms with Gasteiger partial charge in [0, 0.05) is 21.7 Å². The van der Waals surface area contributed by atoms with Crippen LogP contribution in [0.1, 0.15) is 24.1 Å². The van der Waals surface area contributed by atoms with Crippen LogP contribution in [0.15, 0.2) is 42.5 Å². The Labute approximate surface area is 134 Å². The van der Waals surface area contributed by atoms with E-state index < -0.39 is 0 Å². The fourth-order valence-corrected chi connectivity index (χ4v) is 3.18. The number of fused-ring (bicyclic) bond motifs is 1. The minimum Gasteiger partial charge on any atom is -0.377 e. The van der Waals surface area contributed by atoms with Crippen LogP contribution in [0, 0.1) is 5.92 Å². The molecule has 108 valence electrons. The van der Waals surface area contributed by atoms with Crippen molar-refractivity contribution in [2.75, 3.05) is 5.32 Å². The third kappa shape index (κ3) is 2.92. The Morgan fingerprint density at radius 1 is 1.10 bits per heavy atom. The lowest BCUT2D eigenvalue weighted by Gasteiger charge is -2.34. The fourth-order valence-electron chi connectivity index (χ4n) is 2.86. The van der Waals surface area contributed by atoms with Gasteiger partial charge in [0.2, 0.25) is 0 Å². The number of Topliss-reactive ketones (excluding diaryl/α,β-unsaturated/α-hetero) is 1. The molecule has 2 atom stereocenters. The van der Waals surface area contributed by atoms with Gasteiger partial charge in [-0.15, -0.1) is 0 Å². The molecule has 4 heteroatoms. The highest BCUT2D eigenvalue weighted by molar-refractivity contribution is 6.31. The lowest BCUT2D eigenvalue weighted by atomic mass is 9.81. The smallest absolute Gasteiger partial charge is 0.135 e. The maximum Gasteiger partial charge on any atom is 0.135 e. The van der Waals surface area contributed by atoms with E-state index in [0.29, 0.717) is 16.5 Å². The molecule has 1 aliphatic rings. The van der Waals surface area contributed by atoms with Gasteiger partial charge in [0.1, 0.15) is 5.78 Å². The Bertz CT molecular complexity index is 682. The number of benzene rings is 2. The van der Waals surface area contributed by atoms with E-state index in [4.69, 9.17) is 23.2 Å². The number of nitrogens with one attached hydrogen (secondary N) is 1. The van der Waals surface area contributed by atoms with E-state index >= 15 is 0 Å². The molecule has 1 heterocycles. The van der Waals surface area contributed by atoms with Gasteiger partial charge in [0.05, 0.1) is 6.04 Å². The first-order chi connectivity index (χ1) is 10.0. The summed E-state index contributed by atoms with van der Waals surface area (Å²) >= 11 is 12.0. The third-order valence-corrected chi connectivity index (χ3v) is 4.46. The summed E-state index contributed by atoms with van der Waals surface area (Å²) in [6, 6.07) is 13.4. The summed E-state index contributed by atoms with van der Waals surface area (Å²) in [6.45, 7) is 1.64. The van der Waals surface area contributed by atoms with Crippen molar-refractivity contribution in [1.82, 2.24) is 0 Å². The van der Waals surface area contributed by atoms with Crippen LogP contribution in [0.3, 0.4) is 0 Å². The lowest BCUT2D eigenvalue weighted by molar-refractivity contribution is -0.121. The van der Waals surface area contributed by atoms with E-state index in [2.05, 4.69) is 5.32 Å². The molecule has 3 rings (SSSR count). The number of rotatable bonds is 2. The van der Waals surface area contributed by atoms with Crippen LogP contribution in [-0.2, 0) is 11.2 Å². The largest absolute Gasteiger partial charge is 0.377 e. The fraction of sp³-hybridized carbons (Fsp3) is 0.235. The summed E-state index contributed by atoms with van der Waals surface area (Å²) < 4.78 is 0. The van der Waals surface area contributed by atoms with E-state index in [9.17, 15) is 4.79 Å². The summed E-state index contributed by atoms with van der Waals surface area (Å²) in [4.78, 5) is 12.0. The first-order valence-corrected chi connectivity index (χ1v) is 7.61. The van der Waals surface area contributed by atoms with Crippen LogP contribution in [0.5, 0.6) is 0 Å². The normalized spacial score (nSPS) is 20.5. The standard InChI is InChI=1S/C17H15Cl2NO/c1-10(21)15-9-12-8-14(19)6-7-16(12)20-17(15)11-2-4-13(18)5-3-11/h2-8,15,17,20H,9H2,1H3/t15-,17+/m1/s1. The third-order valence-electron chi connectivity index (χ3n) is 3.97. The molecule has 2 aromatic rings. The number of carbonyl (C=O) groups is 1. The second kappa shape index (κ2) is 5.70. The summed E-state index contributed by atoms with van der Waals surface area (Å²) in [5.41, 5.74) is 3.20. The van der Waals surface area contributed by atoms with Gasteiger partial charge in [-0.1, -0.05) is 35.3 Å². The molecular formula is C17H15Cl2NO. The van der Waals surface area contributed by atoms with Crippen molar-refractivity contribution in [2.24, 2.45) is 5.92 Å². The van der Waals surface area contributed by atoms with Crippen molar-refractivity contribution in [1.29, 1.82) is 0 Å². The van der Waals surface area contributed by atoms with E-state index in [1.807, 2.05) is 42.5 Å². The van der Waals surface area contributed by atoms with Gasteiger partial charge in [-0.25, -0.2) is 0 Å². The predicted octanol–water partition coefficient (Wildman–Crippen LogP) is 4.91. The Kier molecular flexibility index (Phi) is 3.92. The molecule has 0 saturated carbocycles. The average molecular weight is 320 g/mol. The van der Waals surface area contributed by atoms with Crippen LogP contribution in [-0.4, -0.2) is 5.78 Å². The van der Waals surface area contributed by atoms with E-state index in [-0.39, 0.29) is 17.7 Å². The molecule has 0 unspecified atom stereocenters. The van der Waals surface area contributed by atoms with Gasteiger partial charge in [0.15, 0.2) is 0 Å². The highest BCUT2D eigenvalue weighted by Gasteiger charge is 2.32. The molecule has 21 heavy (non-hydrogen) atoms. The van der Waals surface area contributed by atoms with E-state index in [0.717, 1.165) is 16.8 Å². The average Bonchev–Trinajstić information content (AvgIpc) is 2.46. The number of anilines is 1. The molecule has 1 N–H and O–H groups in total. The van der Waals surface area contributed by atoms with Crippen LogP contribution >= 0.6 is 23.2 Å². The molecule has 0 aromatic heterocycles. The van der Waals surface area contributed by atoms with Crippen LogP contribution in [0.2, 0.25) is 10.0 Å². The number of hydrogen-bond donors (Lipinski definition) is 1. The van der Waals surface area contributed by atoms with Gasteiger partial charge in [-0.2, -0.15) is 0 Å². The molecule has 0 aliphatic carbocycles. The van der Waals surface area contributed by atoms with Crippen LogP contribution < -0.4 is 5.32 Å². The molecule has 1 aliphatic heterocycles. The van der Waals surface area contributed by atoms with Gasteiger partial charge in [-0.05, 0) is 54.8 Å². The van der Waals surface area contributed by atoms with Crippen LogP contribution in [0.4, 0.5) is 5.69 Å². The minimum atomic E-state index is -0.0999. The molecular weight excluding hydrogens is 305 g/mol. The second-order valence-corrected chi connectivity index (χ2v) is 6.27. The molecule has 0 radical (unpaired) electrons. The monoisotopic (exact) mass is 319 g/mol. The number of halogens is 2. The predicted molar refractivity (Wildman–Crippen MR) is 87.1 cm³/mol. The first kappa shape index (κ1) is 14.4. The van der Waals surface area contributed by atoms with E-state index in [1.165, 1.54) is 0 Å². The highest BCUT2D eigenvalue weighted by Crippen LogP contribution is 2.38. The van der Waals surface area contributed by atoms with Crippen molar-refractivity contribution < 1.29 is 4.79 Å². The zero-order valence-corrected chi connectivity index (χ0v) is 13.1. The van der Waals surface area contributed by atoms with E-state index in [1.54, 1.807) is 6.92 Å². The van der Waals surface area contributed by atoms with Gasteiger partial charge >= 0.3 is 0 Å². The number of carbonyl (C=O) groups excluding carboxylic acids is 1. The maximum absolute atomic E-state index is 12.0. The Morgan fingerprint density at radius 2 is 1.76 bits per heavy atom. The minimum absolute atomic E-state index is 0.0338. The lowest BCUT2D eigenvalue weighted by Crippen LogP contribution is -2.32. The highest BCUT2D eigenvalue weighted by atomic mass is 35.5. The van der Waals surface area contributed by atoms with Gasteiger partial charge in [0.25, 0.3) is 0 Å². The Balaban J connectivity index is 2.00. The number of ketones is 1. The summed E-state index contributed by atoms with van der Waals surface area (Å²) in [6.07, 6.45) is 0.700. The SMILES string of the molecule is CC(=O)[C@H]1Cc2cc(Cl)ccc2N[C@H]1c1ccc(Cl)cc1. The second-order valence-electron chi connectivity index (χ2n) is 5.40. The zero-order valence-electron chi connectivity index (χ0n) is 11.6. The van der Waals surface area contributed by atoms with Gasteiger partial charge < -0.3 is 5.32 Å². The topological polar surface area (TPSA) is 29.1 Å². The van der Waals surface area contributed by atoms with Crippen molar-refractivity contribution in [3.63, 3.8) is 0 Å². The van der Waals surface area contributed by atoms with Crippen molar-refractivity contribution in [2.45, 2.75) is 19.4 Å². The van der Waals surface area contributed by atoms with Crippen molar-refractivity contribution >= 4 is 34.7 Å². The molecule has 0 amide bonds. The molecule has 0 spiro atoms. The summed E-state index contributed by atoms with van der Waals surface area (Å²) in [7, 11) is 0. The molecule has 0 saturated heterocycles. The molecule has 2 aromatic carbocycles.